The smallest absolute Gasteiger partial charge is 0.231 e. The normalized spacial score (nSPS) is 32.5. The van der Waals surface area contributed by atoms with E-state index in [0.29, 0.717) is 18.8 Å². The standard InChI is InChI=1S/C20H22N2O5/c1-11(2)21-18(23)16-14-5-6-20(27-14)9-22(19(24)17(16)20)8-12-3-4-13-15(7-12)26-10-25-13/h3-7,11,14,16-17H,8-10H2,1-2H3,(H,21,23)/t14-,16+,17-,20+/m1/s1. The molecule has 2 bridgehead atoms. The van der Waals surface area contributed by atoms with Crippen LogP contribution in [0.4, 0.5) is 0 Å². The number of hydrogen-bond donors (Lipinski definition) is 1. The van der Waals surface area contributed by atoms with Gasteiger partial charge in [0, 0.05) is 12.6 Å². The summed E-state index contributed by atoms with van der Waals surface area (Å²) in [6.45, 7) is 4.97. The van der Waals surface area contributed by atoms with Gasteiger partial charge in [0.15, 0.2) is 11.5 Å². The lowest BCUT2D eigenvalue weighted by molar-refractivity contribution is -0.138. The van der Waals surface area contributed by atoms with Gasteiger partial charge in [0.1, 0.15) is 5.60 Å². The summed E-state index contributed by atoms with van der Waals surface area (Å²) in [6.07, 6.45) is 3.59. The Bertz CT molecular complexity index is 851. The van der Waals surface area contributed by atoms with E-state index in [2.05, 4.69) is 5.32 Å². The van der Waals surface area contributed by atoms with Crippen LogP contribution in [0.15, 0.2) is 30.4 Å². The molecule has 4 atom stereocenters. The lowest BCUT2D eigenvalue weighted by atomic mass is 9.76. The first-order valence-corrected chi connectivity index (χ1v) is 9.32. The first-order chi connectivity index (χ1) is 13.0. The van der Waals surface area contributed by atoms with Crippen molar-refractivity contribution in [2.75, 3.05) is 13.3 Å². The lowest BCUT2D eigenvalue weighted by Gasteiger charge is -2.24. The first kappa shape index (κ1) is 16.6. The van der Waals surface area contributed by atoms with Crippen molar-refractivity contribution < 1.29 is 23.8 Å². The lowest BCUT2D eigenvalue weighted by Crippen LogP contribution is -2.45. The fourth-order valence-electron chi connectivity index (χ4n) is 4.65. The van der Waals surface area contributed by atoms with Crippen molar-refractivity contribution in [2.24, 2.45) is 11.8 Å². The van der Waals surface area contributed by atoms with Gasteiger partial charge in [-0.2, -0.15) is 0 Å². The van der Waals surface area contributed by atoms with Crippen LogP contribution in [0.3, 0.4) is 0 Å². The average Bonchev–Trinajstić information content (AvgIpc) is 3.35. The molecule has 7 nitrogen and oxygen atoms in total. The number of rotatable bonds is 4. The van der Waals surface area contributed by atoms with Crippen molar-refractivity contribution in [1.29, 1.82) is 0 Å². The second-order valence-corrected chi connectivity index (χ2v) is 7.95. The topological polar surface area (TPSA) is 77.1 Å². The second kappa shape index (κ2) is 5.73. The fourth-order valence-corrected chi connectivity index (χ4v) is 4.65. The highest BCUT2D eigenvalue weighted by atomic mass is 16.7. The minimum Gasteiger partial charge on any atom is -0.454 e. The molecule has 1 aromatic rings. The molecule has 0 saturated carbocycles. The van der Waals surface area contributed by atoms with Gasteiger partial charge in [-0.1, -0.05) is 18.2 Å². The third-order valence-corrected chi connectivity index (χ3v) is 5.72. The van der Waals surface area contributed by atoms with Crippen LogP contribution in [-0.4, -0.2) is 47.8 Å². The Morgan fingerprint density at radius 3 is 2.96 bits per heavy atom. The molecule has 4 aliphatic heterocycles. The Kier molecular flexibility index (Phi) is 3.53. The largest absolute Gasteiger partial charge is 0.454 e. The summed E-state index contributed by atoms with van der Waals surface area (Å²) < 4.78 is 16.9. The van der Waals surface area contributed by atoms with E-state index in [9.17, 15) is 9.59 Å². The van der Waals surface area contributed by atoms with Crippen LogP contribution >= 0.6 is 0 Å². The van der Waals surface area contributed by atoms with Gasteiger partial charge in [-0.05, 0) is 31.5 Å². The molecule has 142 valence electrons. The molecular formula is C20H22N2O5. The molecule has 2 saturated heterocycles. The molecule has 1 aromatic carbocycles. The average molecular weight is 370 g/mol. The molecule has 5 rings (SSSR count). The van der Waals surface area contributed by atoms with Crippen LogP contribution in [0.25, 0.3) is 0 Å². The Hall–Kier alpha value is -2.54. The number of ether oxygens (including phenoxy) is 3. The van der Waals surface area contributed by atoms with Crippen LogP contribution in [0.2, 0.25) is 0 Å². The van der Waals surface area contributed by atoms with E-state index < -0.39 is 17.4 Å². The molecule has 0 aliphatic carbocycles. The van der Waals surface area contributed by atoms with E-state index in [4.69, 9.17) is 14.2 Å². The molecule has 4 aliphatic rings. The zero-order valence-electron chi connectivity index (χ0n) is 15.3. The number of carbonyl (C=O) groups excluding carboxylic acids is 2. The molecule has 0 radical (unpaired) electrons. The molecule has 27 heavy (non-hydrogen) atoms. The maximum absolute atomic E-state index is 13.2. The Balaban J connectivity index is 1.38. The van der Waals surface area contributed by atoms with Crippen molar-refractivity contribution in [3.05, 3.63) is 35.9 Å². The minimum atomic E-state index is -0.683. The number of fused-ring (bicyclic) bond motifs is 2. The monoisotopic (exact) mass is 370 g/mol. The van der Waals surface area contributed by atoms with Crippen LogP contribution in [0, 0.1) is 11.8 Å². The van der Waals surface area contributed by atoms with E-state index in [1.165, 1.54) is 0 Å². The summed E-state index contributed by atoms with van der Waals surface area (Å²) in [4.78, 5) is 27.7. The van der Waals surface area contributed by atoms with Crippen LogP contribution in [0.5, 0.6) is 11.5 Å². The summed E-state index contributed by atoms with van der Waals surface area (Å²) >= 11 is 0. The molecule has 1 N–H and O–H groups in total. The van der Waals surface area contributed by atoms with E-state index in [1.807, 2.05) is 44.2 Å². The van der Waals surface area contributed by atoms with Crippen LogP contribution in [0.1, 0.15) is 19.4 Å². The maximum atomic E-state index is 13.2. The SMILES string of the molecule is CC(C)NC(=O)[C@H]1[C@H]2C=C[C@@]3(CN(Cc4ccc5c(c4)OCO5)C(=O)[C@@H]13)O2. The van der Waals surface area contributed by atoms with Gasteiger partial charge in [-0.15, -0.1) is 0 Å². The van der Waals surface area contributed by atoms with Crippen molar-refractivity contribution in [1.82, 2.24) is 10.2 Å². The Morgan fingerprint density at radius 2 is 2.15 bits per heavy atom. The zero-order valence-corrected chi connectivity index (χ0v) is 15.3. The number of benzene rings is 1. The number of nitrogens with zero attached hydrogens (tertiary/aromatic N) is 1. The van der Waals surface area contributed by atoms with Gasteiger partial charge in [0.05, 0.1) is 24.5 Å². The summed E-state index contributed by atoms with van der Waals surface area (Å²) in [5.74, 6) is 0.362. The van der Waals surface area contributed by atoms with Gasteiger partial charge in [-0.25, -0.2) is 0 Å². The van der Waals surface area contributed by atoms with Gasteiger partial charge in [0.25, 0.3) is 0 Å². The number of hydrogen-bond acceptors (Lipinski definition) is 5. The predicted octanol–water partition coefficient (Wildman–Crippen LogP) is 1.22. The quantitative estimate of drug-likeness (QED) is 0.807. The molecule has 0 aromatic heterocycles. The number of amides is 2. The highest BCUT2D eigenvalue weighted by Crippen LogP contribution is 2.52. The van der Waals surface area contributed by atoms with Crippen molar-refractivity contribution in [2.45, 2.75) is 38.1 Å². The van der Waals surface area contributed by atoms with Crippen molar-refractivity contribution in [3.8, 4) is 11.5 Å². The molecular weight excluding hydrogens is 348 g/mol. The molecule has 2 fully saturated rings. The second-order valence-electron chi connectivity index (χ2n) is 7.95. The highest BCUT2D eigenvalue weighted by Gasteiger charge is 2.66. The fraction of sp³-hybridized carbons (Fsp3) is 0.500. The molecule has 1 spiro atoms. The van der Waals surface area contributed by atoms with Crippen LogP contribution in [-0.2, 0) is 20.9 Å². The van der Waals surface area contributed by atoms with Gasteiger partial charge in [0.2, 0.25) is 18.6 Å². The number of carbonyl (C=O) groups is 2. The number of nitrogens with one attached hydrogen (secondary N) is 1. The Labute approximate surface area is 157 Å². The summed E-state index contributed by atoms with van der Waals surface area (Å²) in [6, 6.07) is 5.72. The van der Waals surface area contributed by atoms with Crippen LogP contribution < -0.4 is 14.8 Å². The van der Waals surface area contributed by atoms with Gasteiger partial charge >= 0.3 is 0 Å². The first-order valence-electron chi connectivity index (χ1n) is 9.32. The van der Waals surface area contributed by atoms with E-state index in [-0.39, 0.29) is 30.8 Å². The zero-order chi connectivity index (χ0) is 18.8. The molecule has 7 heteroatoms. The van der Waals surface area contributed by atoms with E-state index in [1.54, 1.807) is 4.90 Å². The van der Waals surface area contributed by atoms with Crippen molar-refractivity contribution in [3.63, 3.8) is 0 Å². The molecule has 0 unspecified atom stereocenters. The van der Waals surface area contributed by atoms with E-state index >= 15 is 0 Å². The third kappa shape index (κ3) is 2.45. The van der Waals surface area contributed by atoms with E-state index in [0.717, 1.165) is 11.3 Å². The summed E-state index contributed by atoms with van der Waals surface area (Å²) in [5, 5.41) is 2.94. The molecule has 4 heterocycles. The highest BCUT2D eigenvalue weighted by molar-refractivity contribution is 5.93. The van der Waals surface area contributed by atoms with Crippen molar-refractivity contribution >= 4 is 11.8 Å². The minimum absolute atomic E-state index is 0.0246. The van der Waals surface area contributed by atoms with Gasteiger partial charge < -0.3 is 24.4 Å². The maximum Gasteiger partial charge on any atom is 0.231 e. The Morgan fingerprint density at radius 1 is 1.33 bits per heavy atom. The summed E-state index contributed by atoms with van der Waals surface area (Å²) in [7, 11) is 0. The summed E-state index contributed by atoms with van der Waals surface area (Å²) in [5.41, 5.74) is 0.280. The molecule has 2 amide bonds. The predicted molar refractivity (Wildman–Crippen MR) is 95.0 cm³/mol. The third-order valence-electron chi connectivity index (χ3n) is 5.72. The van der Waals surface area contributed by atoms with Gasteiger partial charge in [-0.3, -0.25) is 9.59 Å². The number of likely N-dealkylation sites (tertiary alicyclic amines) is 1.